The predicted molar refractivity (Wildman–Crippen MR) is 55.8 cm³/mol. The van der Waals surface area contributed by atoms with Crippen LogP contribution in [0.15, 0.2) is 10.7 Å². The molecule has 0 fully saturated rings. The van der Waals surface area contributed by atoms with E-state index in [1.807, 2.05) is 6.07 Å². The summed E-state index contributed by atoms with van der Waals surface area (Å²) in [4.78, 5) is 3.80. The fraction of sp³-hybridized carbons (Fsp3) is 0.333. The van der Waals surface area contributed by atoms with Crippen molar-refractivity contribution in [3.05, 3.63) is 27.5 Å². The van der Waals surface area contributed by atoms with Crippen LogP contribution in [-0.2, 0) is 12.3 Å². The van der Waals surface area contributed by atoms with Crippen molar-refractivity contribution in [2.75, 3.05) is 0 Å². The lowest BCUT2D eigenvalue weighted by Gasteiger charge is -2.10. The third-order valence-corrected chi connectivity index (χ3v) is 3.01. The molecule has 0 radical (unpaired) electrons. The second-order valence-electron chi connectivity index (χ2n) is 2.73. The number of aromatic nitrogens is 1. The van der Waals surface area contributed by atoms with E-state index in [1.54, 1.807) is 0 Å². The summed E-state index contributed by atoms with van der Waals surface area (Å²) in [5, 5.41) is 8.49. The third-order valence-electron chi connectivity index (χ3n) is 1.82. The quantitative estimate of drug-likeness (QED) is 0.799. The largest absolute Gasteiger partial charge is 0.266 e. The molecule has 1 rings (SSSR count). The molecule has 0 N–H and O–H groups in total. The highest BCUT2D eigenvalue weighted by Crippen LogP contribution is 2.32. The topological polar surface area (TPSA) is 36.7 Å². The molecule has 1 aromatic heterocycles. The monoisotopic (exact) mass is 294 g/mol. The Morgan fingerprint density at radius 1 is 1.60 bits per heavy atom. The third kappa shape index (κ3) is 2.64. The Morgan fingerprint density at radius 2 is 2.27 bits per heavy atom. The predicted octanol–water partition coefficient (Wildman–Crippen LogP) is 3.59. The van der Waals surface area contributed by atoms with E-state index in [0.29, 0.717) is 5.56 Å². The fourth-order valence-corrected chi connectivity index (χ4v) is 1.98. The van der Waals surface area contributed by atoms with Gasteiger partial charge in [-0.25, -0.2) is 8.78 Å². The molecule has 15 heavy (non-hydrogen) atoms. The lowest BCUT2D eigenvalue weighted by Crippen LogP contribution is -2.01. The van der Waals surface area contributed by atoms with Crippen molar-refractivity contribution in [2.24, 2.45) is 0 Å². The molecule has 2 nitrogen and oxygen atoms in total. The van der Waals surface area contributed by atoms with Crippen LogP contribution >= 0.6 is 27.5 Å². The van der Waals surface area contributed by atoms with Crippen molar-refractivity contribution in [2.45, 2.75) is 18.7 Å². The van der Waals surface area contributed by atoms with Gasteiger partial charge in [-0.15, -0.1) is 11.6 Å². The highest BCUT2D eigenvalue weighted by molar-refractivity contribution is 9.10. The number of halogens is 4. The van der Waals surface area contributed by atoms with Gasteiger partial charge >= 0.3 is 0 Å². The molecule has 0 saturated carbocycles. The number of pyridine rings is 1. The van der Waals surface area contributed by atoms with E-state index in [-0.39, 0.29) is 28.0 Å². The summed E-state index contributed by atoms with van der Waals surface area (Å²) >= 11 is 8.54. The maximum absolute atomic E-state index is 12.7. The van der Waals surface area contributed by atoms with Gasteiger partial charge in [0.1, 0.15) is 0 Å². The van der Waals surface area contributed by atoms with Crippen molar-refractivity contribution >= 4 is 27.5 Å². The normalized spacial score (nSPS) is 10.4. The summed E-state index contributed by atoms with van der Waals surface area (Å²) in [5.74, 6) is -0.0783. The highest BCUT2D eigenvalue weighted by atomic mass is 79.9. The van der Waals surface area contributed by atoms with E-state index < -0.39 is 6.43 Å². The van der Waals surface area contributed by atoms with Crippen LogP contribution in [-0.4, -0.2) is 4.98 Å². The van der Waals surface area contributed by atoms with Gasteiger partial charge in [0.2, 0.25) is 0 Å². The van der Waals surface area contributed by atoms with Crippen LogP contribution < -0.4 is 0 Å². The standard InChI is InChI=1S/C9H6BrClF2N2/c10-8-5(1-2-14)4-15-6(3-11)7(8)9(12)13/h4,9H,1,3H2. The minimum atomic E-state index is -2.65. The number of hydrogen-bond donors (Lipinski definition) is 0. The molecule has 0 atom stereocenters. The maximum Gasteiger partial charge on any atom is 0.266 e. The average molecular weight is 296 g/mol. The lowest BCUT2D eigenvalue weighted by molar-refractivity contribution is 0.149. The van der Waals surface area contributed by atoms with E-state index in [0.717, 1.165) is 0 Å². The lowest BCUT2D eigenvalue weighted by atomic mass is 10.1. The molecule has 0 bridgehead atoms. The second kappa shape index (κ2) is 5.38. The second-order valence-corrected chi connectivity index (χ2v) is 3.79. The van der Waals surface area contributed by atoms with E-state index in [2.05, 4.69) is 20.9 Å². The van der Waals surface area contributed by atoms with Crippen LogP contribution in [0.4, 0.5) is 8.78 Å². The number of nitriles is 1. The van der Waals surface area contributed by atoms with Gasteiger partial charge in [0.15, 0.2) is 0 Å². The zero-order valence-corrected chi connectivity index (χ0v) is 9.82. The van der Waals surface area contributed by atoms with Crippen molar-refractivity contribution in [3.63, 3.8) is 0 Å². The molecule has 0 aliphatic carbocycles. The zero-order chi connectivity index (χ0) is 11.4. The molecule has 0 unspecified atom stereocenters. The molecular weight excluding hydrogens is 289 g/mol. The first-order chi connectivity index (χ1) is 7.11. The molecule has 0 aliphatic rings. The molecule has 1 heterocycles. The molecule has 6 heteroatoms. The van der Waals surface area contributed by atoms with Gasteiger partial charge < -0.3 is 0 Å². The van der Waals surface area contributed by atoms with E-state index >= 15 is 0 Å². The average Bonchev–Trinajstić information content (AvgIpc) is 2.20. The molecule has 1 aromatic rings. The van der Waals surface area contributed by atoms with Crippen LogP contribution in [0, 0.1) is 11.3 Å². The summed E-state index contributed by atoms with van der Waals surface area (Å²) in [5.41, 5.74) is 0.361. The summed E-state index contributed by atoms with van der Waals surface area (Å²) in [7, 11) is 0. The van der Waals surface area contributed by atoms with Gasteiger partial charge in [-0.3, -0.25) is 4.98 Å². The van der Waals surface area contributed by atoms with Gasteiger partial charge in [0.25, 0.3) is 6.43 Å². The minimum Gasteiger partial charge on any atom is -0.259 e. The van der Waals surface area contributed by atoms with Crippen LogP contribution in [0.2, 0.25) is 0 Å². The minimum absolute atomic E-state index is 0.0376. The Morgan fingerprint density at radius 3 is 2.73 bits per heavy atom. The fourth-order valence-electron chi connectivity index (χ4n) is 1.12. The summed E-state index contributed by atoms with van der Waals surface area (Å²) in [6.07, 6.45) is -1.23. The molecular formula is C9H6BrClF2N2. The molecule has 0 aliphatic heterocycles. The summed E-state index contributed by atoms with van der Waals surface area (Å²) in [6.45, 7) is 0. The first kappa shape index (κ1) is 12.3. The van der Waals surface area contributed by atoms with Crippen LogP contribution in [0.5, 0.6) is 0 Å². The first-order valence-corrected chi connectivity index (χ1v) is 5.31. The summed E-state index contributed by atoms with van der Waals surface area (Å²) in [6, 6.07) is 1.88. The number of nitrogens with zero attached hydrogens (tertiary/aromatic N) is 2. The summed E-state index contributed by atoms with van der Waals surface area (Å²) < 4.78 is 25.6. The van der Waals surface area contributed by atoms with E-state index in [9.17, 15) is 8.78 Å². The van der Waals surface area contributed by atoms with Gasteiger partial charge in [-0.05, 0) is 21.5 Å². The van der Waals surface area contributed by atoms with Crippen molar-refractivity contribution in [1.82, 2.24) is 4.98 Å². The van der Waals surface area contributed by atoms with Crippen molar-refractivity contribution in [1.29, 1.82) is 5.26 Å². The van der Waals surface area contributed by atoms with Crippen molar-refractivity contribution < 1.29 is 8.78 Å². The maximum atomic E-state index is 12.7. The van der Waals surface area contributed by atoms with Crippen LogP contribution in [0.3, 0.4) is 0 Å². The molecule has 0 aromatic carbocycles. The van der Waals surface area contributed by atoms with Gasteiger partial charge in [0.05, 0.1) is 29.6 Å². The van der Waals surface area contributed by atoms with Crippen LogP contribution in [0.1, 0.15) is 23.2 Å². The Bertz CT molecular complexity index is 404. The van der Waals surface area contributed by atoms with E-state index in [4.69, 9.17) is 16.9 Å². The Balaban J connectivity index is 3.30. The SMILES string of the molecule is N#CCc1cnc(CCl)c(C(F)F)c1Br. The Hall–Kier alpha value is -0.730. The number of rotatable bonds is 3. The molecule has 0 amide bonds. The first-order valence-electron chi connectivity index (χ1n) is 3.99. The molecule has 0 spiro atoms. The smallest absolute Gasteiger partial charge is 0.259 e. The Kier molecular flexibility index (Phi) is 4.43. The highest BCUT2D eigenvalue weighted by Gasteiger charge is 2.20. The van der Waals surface area contributed by atoms with E-state index in [1.165, 1.54) is 6.20 Å². The van der Waals surface area contributed by atoms with Gasteiger partial charge in [-0.2, -0.15) is 5.26 Å². The van der Waals surface area contributed by atoms with Crippen LogP contribution in [0.25, 0.3) is 0 Å². The Labute approximate surface area is 99.0 Å². The van der Waals surface area contributed by atoms with Gasteiger partial charge in [0, 0.05) is 10.7 Å². The van der Waals surface area contributed by atoms with Crippen molar-refractivity contribution in [3.8, 4) is 6.07 Å². The molecule has 0 saturated heterocycles. The zero-order valence-electron chi connectivity index (χ0n) is 7.48. The van der Waals surface area contributed by atoms with Gasteiger partial charge in [-0.1, -0.05) is 0 Å². The molecule has 80 valence electrons. The number of hydrogen-bond acceptors (Lipinski definition) is 2. The number of alkyl halides is 3.